The highest BCUT2D eigenvalue weighted by atomic mass is 16.5. The van der Waals surface area contributed by atoms with Crippen LogP contribution < -0.4 is 0 Å². The van der Waals surface area contributed by atoms with Crippen molar-refractivity contribution in [3.63, 3.8) is 0 Å². The van der Waals surface area contributed by atoms with Gasteiger partial charge in [-0.05, 0) is 19.4 Å². The van der Waals surface area contributed by atoms with Gasteiger partial charge in [-0.2, -0.15) is 0 Å². The van der Waals surface area contributed by atoms with Gasteiger partial charge in [0.2, 0.25) is 0 Å². The van der Waals surface area contributed by atoms with Gasteiger partial charge in [0.1, 0.15) is 0 Å². The maximum absolute atomic E-state index is 10.0. The minimum atomic E-state index is -0.437. The van der Waals surface area contributed by atoms with Crippen molar-refractivity contribution >= 4 is 0 Å². The van der Waals surface area contributed by atoms with E-state index < -0.39 is 6.10 Å². The molecule has 1 rings (SSSR count). The molecular formula is C16H22O2. The number of ether oxygens (including phenoxy) is 1. The number of aliphatic hydroxyl groups is 1. The minimum absolute atomic E-state index is 0.00896. The van der Waals surface area contributed by atoms with Crippen LogP contribution in [0.1, 0.15) is 26.3 Å². The van der Waals surface area contributed by atoms with Crippen molar-refractivity contribution in [3.8, 4) is 11.8 Å². The summed E-state index contributed by atoms with van der Waals surface area (Å²) >= 11 is 0. The van der Waals surface area contributed by atoms with E-state index in [1.54, 1.807) is 6.92 Å². The average molecular weight is 246 g/mol. The lowest BCUT2D eigenvalue weighted by Crippen LogP contribution is -2.28. The number of hydrogen-bond acceptors (Lipinski definition) is 2. The number of benzene rings is 1. The number of hydrogen-bond donors (Lipinski definition) is 1. The Morgan fingerprint density at radius 2 is 1.89 bits per heavy atom. The SMILES string of the molecule is CC#C[C@@H](C)[C@@H](O)[C@@H](C)COCc1ccccc1. The fraction of sp³-hybridized carbons (Fsp3) is 0.500. The monoisotopic (exact) mass is 246 g/mol. The van der Waals surface area contributed by atoms with Gasteiger partial charge in [-0.15, -0.1) is 5.92 Å². The summed E-state index contributed by atoms with van der Waals surface area (Å²) in [4.78, 5) is 0. The van der Waals surface area contributed by atoms with Crippen LogP contribution >= 0.6 is 0 Å². The zero-order valence-electron chi connectivity index (χ0n) is 11.4. The summed E-state index contributed by atoms with van der Waals surface area (Å²) in [6, 6.07) is 10.0. The van der Waals surface area contributed by atoms with Gasteiger partial charge in [0.05, 0.1) is 19.3 Å². The molecule has 0 amide bonds. The first-order chi connectivity index (χ1) is 8.65. The third kappa shape index (κ3) is 4.91. The summed E-state index contributed by atoms with van der Waals surface area (Å²) < 4.78 is 5.62. The van der Waals surface area contributed by atoms with Gasteiger partial charge in [0.25, 0.3) is 0 Å². The molecule has 0 bridgehead atoms. The fourth-order valence-electron chi connectivity index (χ4n) is 1.84. The van der Waals surface area contributed by atoms with Crippen LogP contribution in [0.2, 0.25) is 0 Å². The first-order valence-electron chi connectivity index (χ1n) is 6.37. The van der Waals surface area contributed by atoms with Gasteiger partial charge >= 0.3 is 0 Å². The quantitative estimate of drug-likeness (QED) is 0.782. The summed E-state index contributed by atoms with van der Waals surface area (Å²) in [5.74, 6) is 5.89. The molecule has 0 saturated heterocycles. The van der Waals surface area contributed by atoms with Crippen LogP contribution in [0.15, 0.2) is 30.3 Å². The zero-order chi connectivity index (χ0) is 13.4. The van der Waals surface area contributed by atoms with Crippen molar-refractivity contribution in [2.45, 2.75) is 33.5 Å². The van der Waals surface area contributed by atoms with E-state index in [-0.39, 0.29) is 11.8 Å². The normalized spacial score (nSPS) is 15.3. The largest absolute Gasteiger partial charge is 0.391 e. The lowest BCUT2D eigenvalue weighted by atomic mass is 9.94. The third-order valence-electron chi connectivity index (χ3n) is 2.96. The molecule has 0 unspecified atom stereocenters. The van der Waals surface area contributed by atoms with Crippen molar-refractivity contribution in [2.24, 2.45) is 11.8 Å². The van der Waals surface area contributed by atoms with Crippen molar-refractivity contribution in [1.82, 2.24) is 0 Å². The highest BCUT2D eigenvalue weighted by Gasteiger charge is 2.19. The summed E-state index contributed by atoms with van der Waals surface area (Å²) in [5, 5.41) is 10.0. The second-order valence-corrected chi connectivity index (χ2v) is 4.65. The minimum Gasteiger partial charge on any atom is -0.391 e. The van der Waals surface area contributed by atoms with Crippen molar-refractivity contribution in [1.29, 1.82) is 0 Å². The standard InChI is InChI=1S/C16H22O2/c1-4-8-13(2)16(17)14(3)11-18-12-15-9-6-5-7-10-15/h5-7,9-10,13-14,16-17H,11-12H2,1-3H3/t13-,14+,16-/m1/s1. The van der Waals surface area contributed by atoms with E-state index in [4.69, 9.17) is 4.74 Å². The van der Waals surface area contributed by atoms with Gasteiger partial charge in [0.15, 0.2) is 0 Å². The highest BCUT2D eigenvalue weighted by Crippen LogP contribution is 2.13. The molecule has 2 nitrogen and oxygen atoms in total. The molecule has 2 heteroatoms. The fourth-order valence-corrected chi connectivity index (χ4v) is 1.84. The maximum Gasteiger partial charge on any atom is 0.0722 e. The van der Waals surface area contributed by atoms with E-state index in [2.05, 4.69) is 11.8 Å². The van der Waals surface area contributed by atoms with Gasteiger partial charge in [-0.1, -0.05) is 43.2 Å². The molecule has 0 aliphatic rings. The molecule has 0 aliphatic carbocycles. The predicted molar refractivity (Wildman–Crippen MR) is 73.9 cm³/mol. The first kappa shape index (κ1) is 14.8. The molecule has 0 aliphatic heterocycles. The second-order valence-electron chi connectivity index (χ2n) is 4.65. The number of aliphatic hydroxyl groups excluding tert-OH is 1. The molecule has 0 heterocycles. The van der Waals surface area contributed by atoms with Crippen molar-refractivity contribution in [2.75, 3.05) is 6.61 Å². The lowest BCUT2D eigenvalue weighted by Gasteiger charge is -2.21. The number of rotatable bonds is 6. The van der Waals surface area contributed by atoms with Crippen molar-refractivity contribution < 1.29 is 9.84 Å². The van der Waals surface area contributed by atoms with Gasteiger partial charge < -0.3 is 9.84 Å². The molecule has 0 aromatic heterocycles. The Morgan fingerprint density at radius 3 is 2.50 bits per heavy atom. The third-order valence-corrected chi connectivity index (χ3v) is 2.96. The van der Waals surface area contributed by atoms with E-state index in [1.165, 1.54) is 0 Å². The van der Waals surface area contributed by atoms with Crippen LogP contribution in [0.4, 0.5) is 0 Å². The van der Waals surface area contributed by atoms with Crippen LogP contribution in [-0.4, -0.2) is 17.8 Å². The first-order valence-corrected chi connectivity index (χ1v) is 6.37. The van der Waals surface area contributed by atoms with Crippen LogP contribution in [0.3, 0.4) is 0 Å². The molecule has 1 aromatic rings. The molecule has 0 radical (unpaired) electrons. The van der Waals surface area contributed by atoms with Crippen LogP contribution in [0, 0.1) is 23.7 Å². The van der Waals surface area contributed by atoms with E-state index in [0.29, 0.717) is 13.2 Å². The van der Waals surface area contributed by atoms with Crippen LogP contribution in [-0.2, 0) is 11.3 Å². The average Bonchev–Trinajstić information content (AvgIpc) is 2.39. The molecule has 1 N–H and O–H groups in total. The molecular weight excluding hydrogens is 224 g/mol. The summed E-state index contributed by atoms with van der Waals surface area (Å²) in [6.07, 6.45) is -0.437. The van der Waals surface area contributed by atoms with Crippen LogP contribution in [0.5, 0.6) is 0 Å². The molecule has 1 aromatic carbocycles. The smallest absolute Gasteiger partial charge is 0.0722 e. The molecule has 0 fully saturated rings. The summed E-state index contributed by atoms with van der Waals surface area (Å²) in [6.45, 7) is 6.86. The summed E-state index contributed by atoms with van der Waals surface area (Å²) in [7, 11) is 0. The molecule has 98 valence electrons. The maximum atomic E-state index is 10.0. The Hall–Kier alpha value is -1.30. The zero-order valence-corrected chi connectivity index (χ0v) is 11.4. The topological polar surface area (TPSA) is 29.5 Å². The lowest BCUT2D eigenvalue weighted by molar-refractivity contribution is 0.0150. The second kappa shape index (κ2) is 7.92. The van der Waals surface area contributed by atoms with Crippen LogP contribution in [0.25, 0.3) is 0 Å². The van der Waals surface area contributed by atoms with E-state index in [0.717, 1.165) is 5.56 Å². The summed E-state index contributed by atoms with van der Waals surface area (Å²) in [5.41, 5.74) is 1.15. The van der Waals surface area contributed by atoms with Gasteiger partial charge in [0, 0.05) is 11.8 Å². The van der Waals surface area contributed by atoms with E-state index in [9.17, 15) is 5.11 Å². The van der Waals surface area contributed by atoms with Gasteiger partial charge in [-0.3, -0.25) is 0 Å². The Bertz CT molecular complexity index is 389. The Morgan fingerprint density at radius 1 is 1.22 bits per heavy atom. The Labute approximate surface area is 110 Å². The molecule has 0 saturated carbocycles. The molecule has 0 spiro atoms. The van der Waals surface area contributed by atoms with Crippen molar-refractivity contribution in [3.05, 3.63) is 35.9 Å². The van der Waals surface area contributed by atoms with E-state index in [1.807, 2.05) is 44.2 Å². The highest BCUT2D eigenvalue weighted by molar-refractivity contribution is 5.13. The molecule has 3 atom stereocenters. The van der Waals surface area contributed by atoms with Gasteiger partial charge in [-0.25, -0.2) is 0 Å². The Balaban J connectivity index is 2.32. The predicted octanol–water partition coefficient (Wildman–Crippen LogP) is 2.86. The Kier molecular flexibility index (Phi) is 6.49. The molecule has 18 heavy (non-hydrogen) atoms. The van der Waals surface area contributed by atoms with E-state index >= 15 is 0 Å².